The predicted octanol–water partition coefficient (Wildman–Crippen LogP) is 3.73. The average molecular weight is 367 g/mol. The van der Waals surface area contributed by atoms with Gasteiger partial charge in [-0.3, -0.25) is 19.6 Å². The van der Waals surface area contributed by atoms with Gasteiger partial charge in [0.15, 0.2) is 5.65 Å². The number of nitrogens with two attached hydrogens (primary N) is 1. The number of rotatable bonds is 4. The third kappa shape index (κ3) is 2.81. The minimum Gasteiger partial charge on any atom is -0.366 e. The van der Waals surface area contributed by atoms with Gasteiger partial charge in [0.05, 0.1) is 23.3 Å². The molecule has 0 atom stereocenters. The number of benzene rings is 2. The number of hydrogen-bond donors (Lipinski definition) is 2. The third-order valence-corrected chi connectivity index (χ3v) is 4.86. The van der Waals surface area contributed by atoms with Crippen LogP contribution in [0.2, 0.25) is 0 Å². The monoisotopic (exact) mass is 367 g/mol. The molecule has 5 aromatic rings. The van der Waals surface area contributed by atoms with E-state index in [9.17, 15) is 4.79 Å². The first-order valence-corrected chi connectivity index (χ1v) is 8.96. The summed E-state index contributed by atoms with van der Waals surface area (Å²) < 4.78 is 2.02. The molecule has 3 N–H and O–H groups in total. The van der Waals surface area contributed by atoms with Gasteiger partial charge < -0.3 is 5.73 Å². The fourth-order valence-electron chi connectivity index (χ4n) is 3.37. The lowest BCUT2D eigenvalue weighted by Gasteiger charge is -2.17. The molecule has 28 heavy (non-hydrogen) atoms. The summed E-state index contributed by atoms with van der Waals surface area (Å²) in [5, 5.41) is 4.44. The van der Waals surface area contributed by atoms with Crippen LogP contribution >= 0.6 is 0 Å². The number of H-pyrrole nitrogens is 1. The van der Waals surface area contributed by atoms with E-state index in [2.05, 4.69) is 28.3 Å². The summed E-state index contributed by atoms with van der Waals surface area (Å²) in [5.41, 5.74) is 11.7. The number of primary amides is 1. The van der Waals surface area contributed by atoms with Crippen LogP contribution in [0.1, 0.15) is 15.9 Å². The Hall–Kier alpha value is -3.93. The van der Waals surface area contributed by atoms with Crippen molar-refractivity contribution >= 4 is 28.0 Å². The van der Waals surface area contributed by atoms with Crippen molar-refractivity contribution in [1.82, 2.24) is 19.7 Å². The molecule has 3 heterocycles. The fourth-order valence-corrected chi connectivity index (χ4v) is 3.37. The fraction of sp³-hybridized carbons (Fsp3) is 0.0455. The molecule has 0 aliphatic heterocycles. The van der Waals surface area contributed by atoms with Gasteiger partial charge >= 0.3 is 0 Å². The van der Waals surface area contributed by atoms with Gasteiger partial charge in [-0.1, -0.05) is 24.3 Å². The van der Waals surface area contributed by atoms with Gasteiger partial charge in [-0.25, -0.2) is 4.98 Å². The van der Waals surface area contributed by atoms with Gasteiger partial charge in [-0.15, -0.1) is 0 Å². The second kappa shape index (κ2) is 6.35. The first-order valence-electron chi connectivity index (χ1n) is 8.96. The molecule has 0 saturated carbocycles. The van der Waals surface area contributed by atoms with Crippen LogP contribution in [0.5, 0.6) is 0 Å². The molecular formula is C22H17N5O. The van der Waals surface area contributed by atoms with Crippen LogP contribution in [0.4, 0.5) is 0 Å². The van der Waals surface area contributed by atoms with Crippen LogP contribution in [0.25, 0.3) is 33.3 Å². The Morgan fingerprint density at radius 1 is 1.04 bits per heavy atom. The molecule has 3 aromatic heterocycles. The Morgan fingerprint density at radius 3 is 2.71 bits per heavy atom. The Morgan fingerprint density at radius 2 is 1.89 bits per heavy atom. The van der Waals surface area contributed by atoms with Crippen LogP contribution in [0.3, 0.4) is 0 Å². The lowest BCUT2D eigenvalue weighted by atomic mass is 10.1. The molecule has 0 saturated heterocycles. The van der Waals surface area contributed by atoms with E-state index in [4.69, 9.17) is 10.7 Å². The predicted molar refractivity (Wildman–Crippen MR) is 109 cm³/mol. The highest BCUT2D eigenvalue weighted by atomic mass is 16.1. The molecule has 6 nitrogen and oxygen atoms in total. The zero-order valence-electron chi connectivity index (χ0n) is 15.0. The van der Waals surface area contributed by atoms with Gasteiger partial charge in [0.25, 0.3) is 0 Å². The highest BCUT2D eigenvalue weighted by molar-refractivity contribution is 5.93. The standard InChI is InChI=1S/C22H17N5O/c23-21(28)16-6-4-15(5-7-16)19-9-10-20-22(25-19)27(26-20)13-14-3-8-18-17(12-14)2-1-11-24-18/h1-12,26H,13H2,(H2,23,28). The zero-order chi connectivity index (χ0) is 19.1. The number of nitrogens with one attached hydrogen (secondary N) is 1. The number of amides is 1. The van der Waals surface area contributed by atoms with E-state index in [1.54, 1.807) is 18.3 Å². The Kier molecular flexibility index (Phi) is 3.69. The van der Waals surface area contributed by atoms with Crippen molar-refractivity contribution in [2.24, 2.45) is 5.73 Å². The van der Waals surface area contributed by atoms with Crippen LogP contribution in [-0.2, 0) is 6.54 Å². The molecule has 1 amide bonds. The van der Waals surface area contributed by atoms with E-state index in [1.165, 1.54) is 5.56 Å². The maximum Gasteiger partial charge on any atom is 0.248 e. The Balaban J connectivity index is 1.46. The molecule has 6 heteroatoms. The Labute approximate surface area is 160 Å². The van der Waals surface area contributed by atoms with Gasteiger partial charge in [0, 0.05) is 22.7 Å². The minimum atomic E-state index is -0.433. The van der Waals surface area contributed by atoms with E-state index in [0.29, 0.717) is 12.1 Å². The molecule has 0 aliphatic rings. The number of carbonyl (C=O) groups excluding carboxylic acids is 1. The summed E-state index contributed by atoms with van der Waals surface area (Å²) in [6.07, 6.45) is 1.80. The topological polar surface area (TPSA) is 89.6 Å². The van der Waals surface area contributed by atoms with Gasteiger partial charge in [0.2, 0.25) is 5.91 Å². The summed E-state index contributed by atoms with van der Waals surface area (Å²) in [6.45, 7) is 0.703. The summed E-state index contributed by atoms with van der Waals surface area (Å²) in [7, 11) is 0. The number of aromatic nitrogens is 4. The molecule has 0 unspecified atom stereocenters. The van der Waals surface area contributed by atoms with Gasteiger partial charge in [-0.2, -0.15) is 0 Å². The number of fused-ring (bicyclic) bond motifs is 2. The largest absolute Gasteiger partial charge is 0.366 e. The molecule has 2 aromatic carbocycles. The molecule has 5 rings (SSSR count). The van der Waals surface area contributed by atoms with Crippen molar-refractivity contribution in [2.75, 3.05) is 0 Å². The smallest absolute Gasteiger partial charge is 0.248 e. The van der Waals surface area contributed by atoms with Gasteiger partial charge in [-0.05, 0) is 48.0 Å². The molecule has 0 aliphatic carbocycles. The average Bonchev–Trinajstić information content (AvgIpc) is 2.72. The summed E-state index contributed by atoms with van der Waals surface area (Å²) >= 11 is 0. The molecular weight excluding hydrogens is 350 g/mol. The van der Waals surface area contributed by atoms with Crippen molar-refractivity contribution < 1.29 is 4.79 Å². The van der Waals surface area contributed by atoms with Crippen LogP contribution in [-0.4, -0.2) is 25.7 Å². The minimum absolute atomic E-state index is 0.433. The van der Waals surface area contributed by atoms with E-state index in [0.717, 1.165) is 33.3 Å². The highest BCUT2D eigenvalue weighted by Gasteiger charge is 2.11. The highest BCUT2D eigenvalue weighted by Crippen LogP contribution is 2.23. The second-order valence-corrected chi connectivity index (χ2v) is 6.74. The van der Waals surface area contributed by atoms with Crippen LogP contribution in [0.15, 0.2) is 72.9 Å². The summed E-state index contributed by atoms with van der Waals surface area (Å²) in [5.74, 6) is -0.433. The molecule has 0 bridgehead atoms. The van der Waals surface area contributed by atoms with E-state index in [-0.39, 0.29) is 0 Å². The lowest BCUT2D eigenvalue weighted by molar-refractivity contribution is 0.100. The lowest BCUT2D eigenvalue weighted by Crippen LogP contribution is -2.13. The van der Waals surface area contributed by atoms with Crippen molar-refractivity contribution in [3.8, 4) is 11.3 Å². The maximum absolute atomic E-state index is 11.2. The van der Waals surface area contributed by atoms with E-state index < -0.39 is 5.91 Å². The quantitative estimate of drug-likeness (QED) is 0.507. The first kappa shape index (κ1) is 16.3. The molecule has 0 radical (unpaired) electrons. The first-order chi connectivity index (χ1) is 13.7. The van der Waals surface area contributed by atoms with Crippen LogP contribution in [0, 0.1) is 0 Å². The number of pyridine rings is 2. The third-order valence-electron chi connectivity index (χ3n) is 4.86. The second-order valence-electron chi connectivity index (χ2n) is 6.74. The van der Waals surface area contributed by atoms with Crippen molar-refractivity contribution in [3.63, 3.8) is 0 Å². The van der Waals surface area contributed by atoms with E-state index in [1.807, 2.05) is 41.1 Å². The summed E-state index contributed by atoms with van der Waals surface area (Å²) in [4.78, 5) is 20.4. The SMILES string of the molecule is NC(=O)c1ccc(-c2ccc3[nH]n(Cc4ccc5ncccc5c4)c3n2)cc1. The number of carbonyl (C=O) groups is 1. The normalized spacial score (nSPS) is 11.3. The van der Waals surface area contributed by atoms with E-state index >= 15 is 0 Å². The Bertz CT molecular complexity index is 1310. The van der Waals surface area contributed by atoms with Crippen molar-refractivity contribution in [1.29, 1.82) is 0 Å². The van der Waals surface area contributed by atoms with Crippen molar-refractivity contribution in [2.45, 2.75) is 6.54 Å². The molecule has 136 valence electrons. The molecule has 0 fully saturated rings. The number of hydrogen-bond acceptors (Lipinski definition) is 3. The number of aromatic amines is 1. The number of nitrogens with zero attached hydrogens (tertiary/aromatic N) is 3. The zero-order valence-corrected chi connectivity index (χ0v) is 15.0. The maximum atomic E-state index is 11.2. The van der Waals surface area contributed by atoms with Crippen molar-refractivity contribution in [3.05, 3.63) is 84.1 Å². The van der Waals surface area contributed by atoms with Crippen LogP contribution < -0.4 is 5.73 Å². The molecule has 0 spiro atoms. The van der Waals surface area contributed by atoms with Gasteiger partial charge in [0.1, 0.15) is 0 Å². The summed E-state index contributed by atoms with van der Waals surface area (Å²) in [6, 6.07) is 21.4.